The van der Waals surface area contributed by atoms with Crippen LogP contribution in [0, 0.1) is 23.7 Å². The summed E-state index contributed by atoms with van der Waals surface area (Å²) in [6.07, 6.45) is 6.59. The predicted molar refractivity (Wildman–Crippen MR) is 53.9 cm³/mol. The second kappa shape index (κ2) is 3.49. The minimum atomic E-state index is -0.0541. The molecule has 3 fully saturated rings. The summed E-state index contributed by atoms with van der Waals surface area (Å²) >= 11 is 0. The maximum absolute atomic E-state index is 10.3. The van der Waals surface area contributed by atoms with Crippen LogP contribution in [0.25, 0.3) is 0 Å². The highest BCUT2D eigenvalue weighted by Crippen LogP contribution is 2.47. The average Bonchev–Trinajstić information content (AvgIpc) is 2.66. The molecule has 0 spiro atoms. The van der Waals surface area contributed by atoms with Gasteiger partial charge in [-0.1, -0.05) is 19.3 Å². The molecule has 80 valence electrons. The van der Waals surface area contributed by atoms with Gasteiger partial charge in [0, 0.05) is 12.5 Å². The van der Waals surface area contributed by atoms with Gasteiger partial charge in [0.05, 0.1) is 12.7 Å². The van der Waals surface area contributed by atoms with Crippen molar-refractivity contribution < 1.29 is 9.84 Å². The van der Waals surface area contributed by atoms with Crippen LogP contribution in [0.4, 0.5) is 0 Å². The smallest absolute Gasteiger partial charge is 0.0624 e. The largest absolute Gasteiger partial charge is 0.392 e. The van der Waals surface area contributed by atoms with Crippen LogP contribution in [-0.4, -0.2) is 24.4 Å². The number of rotatable bonds is 0. The van der Waals surface area contributed by atoms with Crippen LogP contribution in [0.2, 0.25) is 0 Å². The molecule has 1 saturated heterocycles. The van der Waals surface area contributed by atoms with Crippen molar-refractivity contribution in [2.75, 3.05) is 13.2 Å². The Kier molecular flexibility index (Phi) is 2.29. The molecule has 0 aromatic carbocycles. The molecule has 3 aliphatic rings. The Morgan fingerprint density at radius 2 is 1.79 bits per heavy atom. The van der Waals surface area contributed by atoms with E-state index in [4.69, 9.17) is 4.74 Å². The van der Waals surface area contributed by atoms with Crippen LogP contribution in [0.3, 0.4) is 0 Å². The normalized spacial score (nSPS) is 52.5. The molecule has 2 nitrogen and oxygen atoms in total. The number of ether oxygens (including phenoxy) is 1. The van der Waals surface area contributed by atoms with E-state index in [2.05, 4.69) is 0 Å². The molecular weight excluding hydrogens is 176 g/mol. The summed E-state index contributed by atoms with van der Waals surface area (Å²) in [4.78, 5) is 0. The molecule has 14 heavy (non-hydrogen) atoms. The second-order valence-corrected chi connectivity index (χ2v) is 5.40. The van der Waals surface area contributed by atoms with Crippen molar-refractivity contribution in [1.82, 2.24) is 0 Å². The topological polar surface area (TPSA) is 29.5 Å². The Hall–Kier alpha value is -0.0800. The van der Waals surface area contributed by atoms with E-state index in [0.29, 0.717) is 17.8 Å². The summed E-state index contributed by atoms with van der Waals surface area (Å²) in [5.74, 6) is 2.55. The third kappa shape index (κ3) is 1.31. The molecule has 1 aliphatic heterocycles. The third-order valence-corrected chi connectivity index (χ3v) is 4.70. The molecule has 0 amide bonds. The van der Waals surface area contributed by atoms with Gasteiger partial charge in [-0.05, 0) is 30.6 Å². The molecule has 3 unspecified atom stereocenters. The van der Waals surface area contributed by atoms with E-state index < -0.39 is 0 Å². The van der Waals surface area contributed by atoms with Gasteiger partial charge in [0.2, 0.25) is 0 Å². The lowest BCUT2D eigenvalue weighted by molar-refractivity contribution is -0.0464. The van der Waals surface area contributed by atoms with Crippen molar-refractivity contribution in [2.45, 2.75) is 38.2 Å². The highest BCUT2D eigenvalue weighted by molar-refractivity contribution is 4.95. The van der Waals surface area contributed by atoms with Crippen molar-refractivity contribution >= 4 is 0 Å². The highest BCUT2D eigenvalue weighted by atomic mass is 16.5. The van der Waals surface area contributed by atoms with Gasteiger partial charge in [0.15, 0.2) is 0 Å². The SMILES string of the molecule is OC1C2CCCCC2C[C@@H]2COC[C@H]12. The Balaban J connectivity index is 1.79. The Bertz CT molecular complexity index is 216. The van der Waals surface area contributed by atoms with E-state index in [9.17, 15) is 5.11 Å². The fourth-order valence-corrected chi connectivity index (χ4v) is 3.92. The van der Waals surface area contributed by atoms with Gasteiger partial charge in [0.25, 0.3) is 0 Å². The molecule has 1 heterocycles. The van der Waals surface area contributed by atoms with E-state index in [1.165, 1.54) is 32.1 Å². The molecule has 5 atom stereocenters. The number of hydrogen-bond acceptors (Lipinski definition) is 2. The van der Waals surface area contributed by atoms with E-state index in [1.807, 2.05) is 0 Å². The first-order valence-corrected chi connectivity index (χ1v) is 6.12. The number of aliphatic hydroxyl groups is 1. The summed E-state index contributed by atoms with van der Waals surface area (Å²) in [5, 5.41) is 10.3. The Morgan fingerprint density at radius 1 is 0.929 bits per heavy atom. The number of aliphatic hydroxyl groups excluding tert-OH is 1. The van der Waals surface area contributed by atoms with Crippen LogP contribution in [-0.2, 0) is 4.74 Å². The fraction of sp³-hybridized carbons (Fsp3) is 1.00. The van der Waals surface area contributed by atoms with Gasteiger partial charge in [0.1, 0.15) is 0 Å². The van der Waals surface area contributed by atoms with E-state index in [1.54, 1.807) is 0 Å². The highest BCUT2D eigenvalue weighted by Gasteiger charge is 2.46. The first-order chi connectivity index (χ1) is 6.86. The van der Waals surface area contributed by atoms with Crippen molar-refractivity contribution in [3.8, 4) is 0 Å². The van der Waals surface area contributed by atoms with Gasteiger partial charge in [-0.15, -0.1) is 0 Å². The predicted octanol–water partition coefficient (Wildman–Crippen LogP) is 1.82. The number of hydrogen-bond donors (Lipinski definition) is 1. The first kappa shape index (κ1) is 9.17. The van der Waals surface area contributed by atoms with Gasteiger partial charge < -0.3 is 9.84 Å². The lowest BCUT2D eigenvalue weighted by atomic mass is 9.63. The summed E-state index contributed by atoms with van der Waals surface area (Å²) in [5.41, 5.74) is 0. The minimum absolute atomic E-state index is 0.0541. The second-order valence-electron chi connectivity index (χ2n) is 5.40. The van der Waals surface area contributed by atoms with Crippen molar-refractivity contribution in [3.05, 3.63) is 0 Å². The fourth-order valence-electron chi connectivity index (χ4n) is 3.92. The average molecular weight is 196 g/mol. The zero-order valence-corrected chi connectivity index (χ0v) is 8.69. The lowest BCUT2D eigenvalue weighted by Crippen LogP contribution is -2.44. The van der Waals surface area contributed by atoms with Crippen LogP contribution < -0.4 is 0 Å². The lowest BCUT2D eigenvalue weighted by Gasteiger charge is -2.44. The van der Waals surface area contributed by atoms with Crippen molar-refractivity contribution in [3.63, 3.8) is 0 Å². The summed E-state index contributed by atoms with van der Waals surface area (Å²) < 4.78 is 5.51. The van der Waals surface area contributed by atoms with Crippen LogP contribution in [0.15, 0.2) is 0 Å². The van der Waals surface area contributed by atoms with Crippen LogP contribution in [0.5, 0.6) is 0 Å². The van der Waals surface area contributed by atoms with Crippen molar-refractivity contribution in [2.24, 2.45) is 23.7 Å². The van der Waals surface area contributed by atoms with Crippen LogP contribution >= 0.6 is 0 Å². The Morgan fingerprint density at radius 3 is 2.71 bits per heavy atom. The van der Waals surface area contributed by atoms with Gasteiger partial charge in [-0.2, -0.15) is 0 Å². The van der Waals surface area contributed by atoms with Gasteiger partial charge in [-0.3, -0.25) is 0 Å². The van der Waals surface area contributed by atoms with E-state index in [0.717, 1.165) is 19.1 Å². The molecule has 0 aromatic rings. The van der Waals surface area contributed by atoms with E-state index in [-0.39, 0.29) is 6.10 Å². The van der Waals surface area contributed by atoms with E-state index >= 15 is 0 Å². The molecule has 2 heteroatoms. The molecule has 1 N–H and O–H groups in total. The molecule has 0 bridgehead atoms. The standard InChI is InChI=1S/C12H20O2/c13-12-10-4-2-1-3-8(10)5-9-6-14-7-11(9)12/h8-13H,1-7H2/t8?,9-,10?,11+,12?/m1/s1. The molecule has 2 saturated carbocycles. The molecule has 2 aliphatic carbocycles. The number of fused-ring (bicyclic) bond motifs is 2. The molecule has 0 radical (unpaired) electrons. The summed E-state index contributed by atoms with van der Waals surface area (Å²) in [7, 11) is 0. The quantitative estimate of drug-likeness (QED) is 0.640. The maximum atomic E-state index is 10.3. The zero-order chi connectivity index (χ0) is 9.54. The van der Waals surface area contributed by atoms with Gasteiger partial charge in [-0.25, -0.2) is 0 Å². The monoisotopic (exact) mass is 196 g/mol. The first-order valence-electron chi connectivity index (χ1n) is 6.12. The van der Waals surface area contributed by atoms with Gasteiger partial charge >= 0.3 is 0 Å². The summed E-state index contributed by atoms with van der Waals surface area (Å²) in [6, 6.07) is 0. The molecular formula is C12H20O2. The van der Waals surface area contributed by atoms with Crippen LogP contribution in [0.1, 0.15) is 32.1 Å². The maximum Gasteiger partial charge on any atom is 0.0624 e. The molecule has 3 rings (SSSR count). The van der Waals surface area contributed by atoms with Crippen molar-refractivity contribution in [1.29, 1.82) is 0 Å². The Labute approximate surface area is 85.6 Å². The molecule has 0 aromatic heterocycles. The summed E-state index contributed by atoms with van der Waals surface area (Å²) in [6.45, 7) is 1.72. The third-order valence-electron chi connectivity index (χ3n) is 4.70. The zero-order valence-electron chi connectivity index (χ0n) is 8.69. The minimum Gasteiger partial charge on any atom is -0.392 e.